The van der Waals surface area contributed by atoms with Crippen LogP contribution in [0.5, 0.6) is 0 Å². The molecule has 0 fully saturated rings. The zero-order valence-electron chi connectivity index (χ0n) is 8.65. The molecule has 0 aliphatic heterocycles. The van der Waals surface area contributed by atoms with Crippen molar-refractivity contribution in [2.75, 3.05) is 0 Å². The van der Waals surface area contributed by atoms with Crippen LogP contribution < -0.4 is 5.32 Å². The lowest BCUT2D eigenvalue weighted by Crippen LogP contribution is -2.36. The zero-order chi connectivity index (χ0) is 11.3. The highest BCUT2D eigenvalue weighted by Crippen LogP contribution is 1.96. The van der Waals surface area contributed by atoms with E-state index in [1.165, 1.54) is 19.3 Å². The van der Waals surface area contributed by atoms with Crippen molar-refractivity contribution in [2.45, 2.75) is 19.9 Å². The molecule has 1 rings (SSSR count). The number of ketones is 1. The van der Waals surface area contributed by atoms with Crippen LogP contribution in [0.3, 0.4) is 0 Å². The minimum Gasteiger partial charge on any atom is -0.346 e. The van der Waals surface area contributed by atoms with E-state index in [4.69, 9.17) is 0 Å². The first-order valence-electron chi connectivity index (χ1n) is 4.57. The van der Waals surface area contributed by atoms with Gasteiger partial charge in [-0.2, -0.15) is 0 Å². The van der Waals surface area contributed by atoms with Crippen LogP contribution in [-0.4, -0.2) is 27.7 Å². The van der Waals surface area contributed by atoms with Gasteiger partial charge in [-0.1, -0.05) is 0 Å². The predicted octanol–water partition coefficient (Wildman–Crippen LogP) is 0.517. The fourth-order valence-corrected chi connectivity index (χ4v) is 1.05. The number of hydrogen-bond acceptors (Lipinski definition) is 3. The summed E-state index contributed by atoms with van der Waals surface area (Å²) in [6.45, 7) is 3.02. The van der Waals surface area contributed by atoms with Gasteiger partial charge in [0.25, 0.3) is 0 Å². The maximum Gasteiger partial charge on any atom is 0.217 e. The Kier molecular flexibility index (Phi) is 3.79. The minimum atomic E-state index is -0.498. The molecule has 5 heteroatoms. The fraction of sp³-hybridized carbons (Fsp3) is 0.300. The first-order chi connectivity index (χ1) is 7.09. The summed E-state index contributed by atoms with van der Waals surface area (Å²) < 4.78 is 0. The standard InChI is InChI=1S/C10H13N3O2/c1-7(13-8(2)14)10(15)4-3-9-5-11-6-12-9/h3-7H,1-2H3,(H,11,12)(H,13,14)/b4-3+/t7-/m0/s1. The molecule has 1 aromatic rings. The molecule has 0 bridgehead atoms. The Hall–Kier alpha value is -1.91. The van der Waals surface area contributed by atoms with Crippen LogP contribution in [0.4, 0.5) is 0 Å². The highest BCUT2D eigenvalue weighted by Gasteiger charge is 2.09. The molecule has 1 heterocycles. The molecule has 1 amide bonds. The maximum atomic E-state index is 11.4. The van der Waals surface area contributed by atoms with Crippen LogP contribution in [0.25, 0.3) is 6.08 Å². The van der Waals surface area contributed by atoms with Gasteiger partial charge in [0.1, 0.15) is 0 Å². The summed E-state index contributed by atoms with van der Waals surface area (Å²) in [5.41, 5.74) is 0.748. The van der Waals surface area contributed by atoms with E-state index in [-0.39, 0.29) is 11.7 Å². The predicted molar refractivity (Wildman–Crippen MR) is 55.9 cm³/mol. The first kappa shape index (κ1) is 11.2. The van der Waals surface area contributed by atoms with Crippen molar-refractivity contribution in [2.24, 2.45) is 0 Å². The monoisotopic (exact) mass is 207 g/mol. The molecule has 15 heavy (non-hydrogen) atoms. The number of imidazole rings is 1. The third-order valence-corrected chi connectivity index (χ3v) is 1.79. The molecule has 0 aromatic carbocycles. The molecular weight excluding hydrogens is 194 g/mol. The van der Waals surface area contributed by atoms with E-state index >= 15 is 0 Å². The quantitative estimate of drug-likeness (QED) is 0.707. The lowest BCUT2D eigenvalue weighted by molar-refractivity contribution is -0.124. The maximum absolute atomic E-state index is 11.4. The van der Waals surface area contributed by atoms with Crippen molar-refractivity contribution in [3.63, 3.8) is 0 Å². The normalized spacial score (nSPS) is 12.7. The molecule has 0 aliphatic rings. The van der Waals surface area contributed by atoms with E-state index in [0.29, 0.717) is 0 Å². The SMILES string of the molecule is CC(=O)N[C@@H](C)C(=O)/C=C/c1cnc[nH]1. The van der Waals surface area contributed by atoms with Crippen LogP contribution in [0, 0.1) is 0 Å². The van der Waals surface area contributed by atoms with Crippen molar-refractivity contribution >= 4 is 17.8 Å². The Morgan fingerprint density at radius 3 is 2.87 bits per heavy atom. The van der Waals surface area contributed by atoms with Gasteiger partial charge < -0.3 is 10.3 Å². The Morgan fingerprint density at radius 1 is 1.60 bits per heavy atom. The van der Waals surface area contributed by atoms with Gasteiger partial charge >= 0.3 is 0 Å². The van der Waals surface area contributed by atoms with E-state index in [9.17, 15) is 9.59 Å². The van der Waals surface area contributed by atoms with E-state index < -0.39 is 6.04 Å². The molecule has 5 nitrogen and oxygen atoms in total. The van der Waals surface area contributed by atoms with E-state index in [0.717, 1.165) is 5.69 Å². The lowest BCUT2D eigenvalue weighted by Gasteiger charge is -2.07. The van der Waals surface area contributed by atoms with Crippen molar-refractivity contribution in [1.82, 2.24) is 15.3 Å². The van der Waals surface area contributed by atoms with Gasteiger partial charge in [-0.15, -0.1) is 0 Å². The average molecular weight is 207 g/mol. The number of carbonyl (C=O) groups excluding carboxylic acids is 2. The summed E-state index contributed by atoms with van der Waals surface area (Å²) in [6.07, 6.45) is 6.16. The first-order valence-corrected chi connectivity index (χ1v) is 4.57. The third-order valence-electron chi connectivity index (χ3n) is 1.79. The van der Waals surface area contributed by atoms with Gasteiger partial charge in [-0.3, -0.25) is 9.59 Å². The summed E-state index contributed by atoms with van der Waals surface area (Å²) in [7, 11) is 0. The van der Waals surface area contributed by atoms with Crippen LogP contribution in [-0.2, 0) is 9.59 Å². The number of aromatic nitrogens is 2. The molecule has 0 spiro atoms. The molecule has 0 saturated carbocycles. The molecule has 0 radical (unpaired) electrons. The van der Waals surface area contributed by atoms with E-state index in [1.807, 2.05) is 0 Å². The second kappa shape index (κ2) is 5.09. The number of hydrogen-bond donors (Lipinski definition) is 2. The smallest absolute Gasteiger partial charge is 0.217 e. The van der Waals surface area contributed by atoms with E-state index in [2.05, 4.69) is 15.3 Å². The molecular formula is C10H13N3O2. The van der Waals surface area contributed by atoms with E-state index in [1.54, 1.807) is 19.2 Å². The molecule has 0 saturated heterocycles. The molecule has 80 valence electrons. The summed E-state index contributed by atoms with van der Waals surface area (Å²) >= 11 is 0. The number of rotatable bonds is 4. The number of nitrogens with one attached hydrogen (secondary N) is 2. The summed E-state index contributed by atoms with van der Waals surface area (Å²) in [6, 6.07) is -0.498. The third kappa shape index (κ3) is 3.76. The number of carbonyl (C=O) groups is 2. The van der Waals surface area contributed by atoms with Crippen molar-refractivity contribution in [1.29, 1.82) is 0 Å². The van der Waals surface area contributed by atoms with Gasteiger partial charge in [-0.25, -0.2) is 4.98 Å². The second-order valence-corrected chi connectivity index (χ2v) is 3.16. The molecule has 2 N–H and O–H groups in total. The van der Waals surface area contributed by atoms with Crippen molar-refractivity contribution < 1.29 is 9.59 Å². The highest BCUT2D eigenvalue weighted by molar-refractivity contribution is 5.98. The van der Waals surface area contributed by atoms with Crippen LogP contribution in [0.1, 0.15) is 19.5 Å². The van der Waals surface area contributed by atoms with Crippen molar-refractivity contribution in [3.8, 4) is 0 Å². The summed E-state index contributed by atoms with van der Waals surface area (Å²) in [5.74, 6) is -0.370. The van der Waals surface area contributed by atoms with Crippen LogP contribution in [0.2, 0.25) is 0 Å². The Labute approximate surface area is 87.6 Å². The molecule has 0 aliphatic carbocycles. The number of aromatic amines is 1. The molecule has 1 atom stereocenters. The second-order valence-electron chi connectivity index (χ2n) is 3.16. The summed E-state index contributed by atoms with van der Waals surface area (Å²) in [4.78, 5) is 28.8. The Bertz CT molecular complexity index is 368. The summed E-state index contributed by atoms with van der Waals surface area (Å²) in [5, 5.41) is 2.51. The average Bonchev–Trinajstić information content (AvgIpc) is 2.65. The van der Waals surface area contributed by atoms with Crippen LogP contribution in [0.15, 0.2) is 18.6 Å². The number of nitrogens with zero attached hydrogens (tertiary/aromatic N) is 1. The zero-order valence-corrected chi connectivity index (χ0v) is 8.65. The van der Waals surface area contributed by atoms with Crippen molar-refractivity contribution in [3.05, 3.63) is 24.3 Å². The number of H-pyrrole nitrogens is 1. The topological polar surface area (TPSA) is 74.8 Å². The Morgan fingerprint density at radius 2 is 2.33 bits per heavy atom. The lowest BCUT2D eigenvalue weighted by atomic mass is 10.2. The van der Waals surface area contributed by atoms with Crippen LogP contribution >= 0.6 is 0 Å². The minimum absolute atomic E-state index is 0.153. The van der Waals surface area contributed by atoms with Gasteiger partial charge in [0, 0.05) is 6.92 Å². The number of amides is 1. The van der Waals surface area contributed by atoms with Gasteiger partial charge in [-0.05, 0) is 19.1 Å². The Balaban J connectivity index is 2.51. The highest BCUT2D eigenvalue weighted by atomic mass is 16.2. The fourth-order valence-electron chi connectivity index (χ4n) is 1.05. The van der Waals surface area contributed by atoms with Gasteiger partial charge in [0.2, 0.25) is 5.91 Å². The molecule has 1 aromatic heterocycles. The molecule has 0 unspecified atom stereocenters. The van der Waals surface area contributed by atoms with Gasteiger partial charge in [0.15, 0.2) is 5.78 Å². The largest absolute Gasteiger partial charge is 0.346 e. The van der Waals surface area contributed by atoms with Gasteiger partial charge in [0.05, 0.1) is 24.3 Å².